The van der Waals surface area contributed by atoms with Crippen LogP contribution in [-0.4, -0.2) is 36.1 Å². The SMILES string of the molecule is FCc1cc(Nc2ccc(F)cc2)nc(N2CCCNCC2)n1. The van der Waals surface area contributed by atoms with Crippen LogP contribution in [0.5, 0.6) is 0 Å². The van der Waals surface area contributed by atoms with E-state index in [0.29, 0.717) is 23.1 Å². The van der Waals surface area contributed by atoms with Crippen molar-refractivity contribution in [1.29, 1.82) is 0 Å². The van der Waals surface area contributed by atoms with Gasteiger partial charge in [-0.15, -0.1) is 0 Å². The zero-order valence-corrected chi connectivity index (χ0v) is 12.7. The van der Waals surface area contributed by atoms with Crippen molar-refractivity contribution in [2.24, 2.45) is 0 Å². The molecule has 0 aliphatic carbocycles. The van der Waals surface area contributed by atoms with E-state index in [1.165, 1.54) is 12.1 Å². The van der Waals surface area contributed by atoms with Crippen LogP contribution < -0.4 is 15.5 Å². The molecule has 0 bridgehead atoms. The summed E-state index contributed by atoms with van der Waals surface area (Å²) >= 11 is 0. The maximum absolute atomic E-state index is 13.1. The topological polar surface area (TPSA) is 53.1 Å². The van der Waals surface area contributed by atoms with Gasteiger partial charge in [0.05, 0.1) is 5.69 Å². The summed E-state index contributed by atoms with van der Waals surface area (Å²) in [6.45, 7) is 2.77. The molecular formula is C16H19F2N5. The van der Waals surface area contributed by atoms with Crippen LogP contribution in [0.3, 0.4) is 0 Å². The predicted molar refractivity (Wildman–Crippen MR) is 86.2 cm³/mol. The maximum Gasteiger partial charge on any atom is 0.227 e. The molecule has 1 aliphatic rings. The summed E-state index contributed by atoms with van der Waals surface area (Å²) in [6.07, 6.45) is 0.990. The van der Waals surface area contributed by atoms with Crippen LogP contribution in [0.15, 0.2) is 30.3 Å². The third-order valence-corrected chi connectivity index (χ3v) is 3.64. The first-order valence-corrected chi connectivity index (χ1v) is 7.67. The number of nitrogens with zero attached hydrogens (tertiary/aromatic N) is 3. The molecule has 0 amide bonds. The largest absolute Gasteiger partial charge is 0.340 e. The summed E-state index contributed by atoms with van der Waals surface area (Å²) in [4.78, 5) is 10.8. The van der Waals surface area contributed by atoms with E-state index in [1.54, 1.807) is 18.2 Å². The molecule has 2 N–H and O–H groups in total. The molecule has 0 saturated carbocycles. The lowest BCUT2D eigenvalue weighted by atomic mass is 10.3. The number of hydrogen-bond acceptors (Lipinski definition) is 5. The second-order valence-electron chi connectivity index (χ2n) is 5.40. The van der Waals surface area contributed by atoms with E-state index in [9.17, 15) is 8.78 Å². The molecule has 0 spiro atoms. The average Bonchev–Trinajstić information content (AvgIpc) is 2.86. The smallest absolute Gasteiger partial charge is 0.227 e. The first-order valence-electron chi connectivity index (χ1n) is 7.67. The lowest BCUT2D eigenvalue weighted by Crippen LogP contribution is -2.29. The van der Waals surface area contributed by atoms with Gasteiger partial charge in [-0.05, 0) is 37.2 Å². The Labute approximate surface area is 133 Å². The summed E-state index contributed by atoms with van der Waals surface area (Å²) in [7, 11) is 0. The van der Waals surface area contributed by atoms with Gasteiger partial charge in [-0.3, -0.25) is 0 Å². The molecule has 23 heavy (non-hydrogen) atoms. The van der Waals surface area contributed by atoms with Gasteiger partial charge in [-0.25, -0.2) is 13.8 Å². The highest BCUT2D eigenvalue weighted by Crippen LogP contribution is 2.20. The number of hydrogen-bond donors (Lipinski definition) is 2. The third kappa shape index (κ3) is 4.13. The zero-order valence-electron chi connectivity index (χ0n) is 12.7. The van der Waals surface area contributed by atoms with E-state index in [4.69, 9.17) is 0 Å². The lowest BCUT2D eigenvalue weighted by Gasteiger charge is -2.21. The number of halogens is 2. The first-order chi connectivity index (χ1) is 11.2. The van der Waals surface area contributed by atoms with Crippen molar-refractivity contribution in [1.82, 2.24) is 15.3 Å². The number of alkyl halides is 1. The monoisotopic (exact) mass is 319 g/mol. The minimum Gasteiger partial charge on any atom is -0.340 e. The normalized spacial score (nSPS) is 15.3. The molecule has 2 aromatic rings. The van der Waals surface area contributed by atoms with Gasteiger partial charge < -0.3 is 15.5 Å². The maximum atomic E-state index is 13.1. The average molecular weight is 319 g/mol. The number of aromatic nitrogens is 2. The van der Waals surface area contributed by atoms with Gasteiger partial charge in [0.25, 0.3) is 0 Å². The molecule has 7 heteroatoms. The molecule has 1 fully saturated rings. The molecule has 1 aliphatic heterocycles. The van der Waals surface area contributed by atoms with Gasteiger partial charge in [0.1, 0.15) is 18.3 Å². The van der Waals surface area contributed by atoms with Crippen LogP contribution in [-0.2, 0) is 6.67 Å². The van der Waals surface area contributed by atoms with Gasteiger partial charge in [0.2, 0.25) is 5.95 Å². The van der Waals surface area contributed by atoms with E-state index in [1.807, 2.05) is 0 Å². The van der Waals surface area contributed by atoms with Crippen molar-refractivity contribution in [3.8, 4) is 0 Å². The summed E-state index contributed by atoms with van der Waals surface area (Å²) < 4.78 is 26.1. The summed E-state index contributed by atoms with van der Waals surface area (Å²) in [5.41, 5.74) is 1.02. The molecule has 0 radical (unpaired) electrons. The van der Waals surface area contributed by atoms with E-state index < -0.39 is 6.67 Å². The highest BCUT2D eigenvalue weighted by Gasteiger charge is 2.14. The molecule has 0 atom stereocenters. The van der Waals surface area contributed by atoms with E-state index >= 15 is 0 Å². The quantitative estimate of drug-likeness (QED) is 0.907. The van der Waals surface area contributed by atoms with Gasteiger partial charge in [-0.2, -0.15) is 4.98 Å². The Morgan fingerprint density at radius 3 is 2.74 bits per heavy atom. The fourth-order valence-corrected chi connectivity index (χ4v) is 2.48. The number of anilines is 3. The van der Waals surface area contributed by atoms with Crippen molar-refractivity contribution in [3.63, 3.8) is 0 Å². The van der Waals surface area contributed by atoms with Gasteiger partial charge in [-0.1, -0.05) is 0 Å². The second kappa shape index (κ2) is 7.32. The van der Waals surface area contributed by atoms with Gasteiger partial charge in [0.15, 0.2) is 0 Å². The molecular weight excluding hydrogens is 300 g/mol. The Hall–Kier alpha value is -2.28. The van der Waals surface area contributed by atoms with Crippen LogP contribution in [0, 0.1) is 5.82 Å². The van der Waals surface area contributed by atoms with Crippen LogP contribution in [0.2, 0.25) is 0 Å². The molecule has 2 heterocycles. The molecule has 0 unspecified atom stereocenters. The Morgan fingerprint density at radius 1 is 1.13 bits per heavy atom. The first kappa shape index (κ1) is 15.6. The van der Waals surface area contributed by atoms with Crippen LogP contribution in [0.1, 0.15) is 12.1 Å². The van der Waals surface area contributed by atoms with Crippen molar-refractivity contribution < 1.29 is 8.78 Å². The van der Waals surface area contributed by atoms with Crippen LogP contribution in [0.25, 0.3) is 0 Å². The highest BCUT2D eigenvalue weighted by atomic mass is 19.1. The predicted octanol–water partition coefficient (Wildman–Crippen LogP) is 2.63. The Kier molecular flexibility index (Phi) is 4.97. The van der Waals surface area contributed by atoms with Crippen molar-refractivity contribution >= 4 is 17.5 Å². The standard InChI is InChI=1S/C16H19F2N5/c17-11-14-10-15(20-13-4-2-12(18)3-5-13)22-16(21-14)23-8-1-6-19-7-9-23/h2-5,10,19H,1,6-9,11H2,(H,20,21,22). The second-order valence-corrected chi connectivity index (χ2v) is 5.40. The fraction of sp³-hybridized carbons (Fsp3) is 0.375. The van der Waals surface area contributed by atoms with Crippen LogP contribution in [0.4, 0.5) is 26.2 Å². The lowest BCUT2D eigenvalue weighted by molar-refractivity contribution is 0.475. The van der Waals surface area contributed by atoms with Crippen molar-refractivity contribution in [2.45, 2.75) is 13.1 Å². The highest BCUT2D eigenvalue weighted by molar-refractivity contribution is 5.57. The summed E-state index contributed by atoms with van der Waals surface area (Å²) in [6, 6.07) is 7.52. The fourth-order valence-electron chi connectivity index (χ4n) is 2.48. The third-order valence-electron chi connectivity index (χ3n) is 3.64. The Bertz CT molecular complexity index is 639. The van der Waals surface area contributed by atoms with Crippen molar-refractivity contribution in [3.05, 3.63) is 41.8 Å². The van der Waals surface area contributed by atoms with Crippen LogP contribution >= 0.6 is 0 Å². The Balaban J connectivity index is 1.84. The molecule has 1 saturated heterocycles. The van der Waals surface area contributed by atoms with E-state index in [-0.39, 0.29) is 5.82 Å². The van der Waals surface area contributed by atoms with Gasteiger partial charge >= 0.3 is 0 Å². The summed E-state index contributed by atoms with van der Waals surface area (Å²) in [5, 5.41) is 6.39. The van der Waals surface area contributed by atoms with Gasteiger partial charge in [0, 0.05) is 31.4 Å². The molecule has 1 aromatic carbocycles. The summed E-state index contributed by atoms with van der Waals surface area (Å²) in [5.74, 6) is 0.723. The minimum atomic E-state index is -0.653. The zero-order chi connectivity index (χ0) is 16.1. The van der Waals surface area contributed by atoms with E-state index in [2.05, 4.69) is 25.5 Å². The molecule has 5 nitrogen and oxygen atoms in total. The Morgan fingerprint density at radius 2 is 1.96 bits per heavy atom. The number of rotatable bonds is 4. The molecule has 1 aromatic heterocycles. The van der Waals surface area contributed by atoms with Crippen molar-refractivity contribution in [2.75, 3.05) is 36.4 Å². The minimum absolute atomic E-state index is 0.305. The molecule has 122 valence electrons. The number of nitrogens with one attached hydrogen (secondary N) is 2. The molecule has 3 rings (SSSR count). The van der Waals surface area contributed by atoms with E-state index in [0.717, 1.165) is 32.6 Å². The number of benzene rings is 1.